The SMILES string of the molecule is COc1ccc(N)c(NC(=O)c2cccc(S(=O)(=O)N(C)C(C)C)c2)c1. The van der Waals surface area contributed by atoms with Crippen molar-refractivity contribution >= 4 is 27.3 Å². The van der Waals surface area contributed by atoms with Crippen molar-refractivity contribution in [3.63, 3.8) is 0 Å². The van der Waals surface area contributed by atoms with Gasteiger partial charge >= 0.3 is 0 Å². The van der Waals surface area contributed by atoms with Gasteiger partial charge in [0.1, 0.15) is 5.75 Å². The van der Waals surface area contributed by atoms with E-state index in [9.17, 15) is 13.2 Å². The molecule has 0 radical (unpaired) electrons. The van der Waals surface area contributed by atoms with Crippen molar-refractivity contribution in [3.8, 4) is 5.75 Å². The molecule has 0 aliphatic heterocycles. The molecule has 0 aliphatic carbocycles. The molecule has 2 aromatic carbocycles. The standard InChI is InChI=1S/C18H23N3O4S/c1-12(2)21(3)26(23,24)15-7-5-6-13(10-15)18(22)20-17-11-14(25-4)8-9-16(17)19/h5-12H,19H2,1-4H3,(H,20,22). The number of carbonyl (C=O) groups is 1. The van der Waals surface area contributed by atoms with Crippen molar-refractivity contribution in [1.82, 2.24) is 4.31 Å². The second-order valence-electron chi connectivity index (χ2n) is 6.05. The Kier molecular flexibility index (Phi) is 5.89. The lowest BCUT2D eigenvalue weighted by atomic mass is 10.2. The van der Waals surface area contributed by atoms with Crippen molar-refractivity contribution in [2.24, 2.45) is 0 Å². The molecule has 0 bridgehead atoms. The Labute approximate surface area is 153 Å². The Balaban J connectivity index is 2.32. The van der Waals surface area contributed by atoms with Crippen LogP contribution in [0.4, 0.5) is 11.4 Å². The molecule has 0 saturated heterocycles. The number of carbonyl (C=O) groups excluding carboxylic acids is 1. The van der Waals surface area contributed by atoms with Crippen LogP contribution < -0.4 is 15.8 Å². The quantitative estimate of drug-likeness (QED) is 0.753. The van der Waals surface area contributed by atoms with E-state index in [0.717, 1.165) is 0 Å². The first-order valence-corrected chi connectivity index (χ1v) is 9.43. The summed E-state index contributed by atoms with van der Waals surface area (Å²) >= 11 is 0. The number of nitrogens with one attached hydrogen (secondary N) is 1. The van der Waals surface area contributed by atoms with E-state index in [1.165, 1.54) is 36.7 Å². The number of nitrogens with zero attached hydrogens (tertiary/aromatic N) is 1. The van der Waals surface area contributed by atoms with Crippen molar-refractivity contribution in [1.29, 1.82) is 0 Å². The molecule has 140 valence electrons. The summed E-state index contributed by atoms with van der Waals surface area (Å²) in [7, 11) is -0.663. The molecule has 0 heterocycles. The lowest BCUT2D eigenvalue weighted by Crippen LogP contribution is -2.33. The summed E-state index contributed by atoms with van der Waals surface area (Å²) in [6.45, 7) is 3.55. The van der Waals surface area contributed by atoms with Gasteiger partial charge in [-0.2, -0.15) is 4.31 Å². The minimum Gasteiger partial charge on any atom is -0.497 e. The Morgan fingerprint density at radius 3 is 2.50 bits per heavy atom. The number of rotatable bonds is 6. The van der Waals surface area contributed by atoms with Crippen molar-refractivity contribution in [3.05, 3.63) is 48.0 Å². The lowest BCUT2D eigenvalue weighted by molar-refractivity contribution is 0.102. The molecule has 0 aromatic heterocycles. The fraction of sp³-hybridized carbons (Fsp3) is 0.278. The molecule has 2 aromatic rings. The molecule has 0 atom stereocenters. The molecular weight excluding hydrogens is 354 g/mol. The van der Waals surface area contributed by atoms with Crippen LogP contribution in [-0.4, -0.2) is 38.8 Å². The average Bonchev–Trinajstić information content (AvgIpc) is 2.62. The number of anilines is 2. The molecule has 0 fully saturated rings. The van der Waals surface area contributed by atoms with E-state index in [4.69, 9.17) is 10.5 Å². The highest BCUT2D eigenvalue weighted by Gasteiger charge is 2.24. The van der Waals surface area contributed by atoms with E-state index >= 15 is 0 Å². The van der Waals surface area contributed by atoms with Crippen LogP contribution in [0.2, 0.25) is 0 Å². The average molecular weight is 377 g/mol. The van der Waals surface area contributed by atoms with Crippen LogP contribution in [0, 0.1) is 0 Å². The highest BCUT2D eigenvalue weighted by atomic mass is 32.2. The number of ether oxygens (including phenoxy) is 1. The van der Waals surface area contributed by atoms with Gasteiger partial charge < -0.3 is 15.8 Å². The topological polar surface area (TPSA) is 102 Å². The molecular formula is C18H23N3O4S. The number of hydrogen-bond acceptors (Lipinski definition) is 5. The number of sulfonamides is 1. The van der Waals surface area contributed by atoms with E-state index in [1.54, 1.807) is 38.1 Å². The van der Waals surface area contributed by atoms with E-state index in [1.807, 2.05) is 0 Å². The van der Waals surface area contributed by atoms with Crippen LogP contribution in [0.5, 0.6) is 5.75 Å². The molecule has 7 nitrogen and oxygen atoms in total. The van der Waals surface area contributed by atoms with E-state index < -0.39 is 15.9 Å². The molecule has 2 rings (SSSR count). The maximum atomic E-state index is 12.6. The summed E-state index contributed by atoms with van der Waals surface area (Å²) in [5.41, 5.74) is 6.85. The number of benzene rings is 2. The predicted molar refractivity (Wildman–Crippen MR) is 102 cm³/mol. The zero-order chi connectivity index (χ0) is 19.5. The fourth-order valence-corrected chi connectivity index (χ4v) is 3.62. The van der Waals surface area contributed by atoms with Crippen LogP contribution in [0.1, 0.15) is 24.2 Å². The first-order chi connectivity index (χ1) is 12.2. The monoisotopic (exact) mass is 377 g/mol. The number of nitrogens with two attached hydrogens (primary N) is 1. The summed E-state index contributed by atoms with van der Waals surface area (Å²) in [5, 5.41) is 2.68. The third kappa shape index (κ3) is 4.14. The second-order valence-corrected chi connectivity index (χ2v) is 8.05. The number of methoxy groups -OCH3 is 1. The minimum atomic E-state index is -3.68. The normalized spacial score (nSPS) is 11.6. The van der Waals surface area contributed by atoms with Gasteiger partial charge in [-0.1, -0.05) is 6.07 Å². The number of nitrogen functional groups attached to an aromatic ring is 1. The van der Waals surface area contributed by atoms with Gasteiger partial charge in [0, 0.05) is 24.7 Å². The summed E-state index contributed by atoms with van der Waals surface area (Å²) in [6.07, 6.45) is 0. The Bertz CT molecular complexity index is 910. The maximum Gasteiger partial charge on any atom is 0.255 e. The molecule has 26 heavy (non-hydrogen) atoms. The summed E-state index contributed by atoms with van der Waals surface area (Å²) < 4.78 is 31.6. The van der Waals surface area contributed by atoms with Gasteiger partial charge in [-0.25, -0.2) is 8.42 Å². The Morgan fingerprint density at radius 1 is 1.19 bits per heavy atom. The first kappa shape index (κ1) is 19.7. The van der Waals surface area contributed by atoms with Gasteiger partial charge in [0.15, 0.2) is 0 Å². The molecule has 1 amide bonds. The molecule has 0 spiro atoms. The van der Waals surface area contributed by atoms with Gasteiger partial charge in [-0.3, -0.25) is 4.79 Å². The van der Waals surface area contributed by atoms with E-state index in [-0.39, 0.29) is 16.5 Å². The molecule has 3 N–H and O–H groups in total. The van der Waals surface area contributed by atoms with Crippen molar-refractivity contribution in [2.45, 2.75) is 24.8 Å². The summed E-state index contributed by atoms with van der Waals surface area (Å²) in [5.74, 6) is 0.0820. The molecule has 0 unspecified atom stereocenters. The summed E-state index contributed by atoms with van der Waals surface area (Å²) in [6, 6.07) is 10.6. The van der Waals surface area contributed by atoms with Gasteiger partial charge in [0.25, 0.3) is 5.91 Å². The van der Waals surface area contributed by atoms with Gasteiger partial charge in [0.05, 0.1) is 23.4 Å². The van der Waals surface area contributed by atoms with Crippen molar-refractivity contribution < 1.29 is 17.9 Å². The number of amides is 1. The predicted octanol–water partition coefficient (Wildman–Crippen LogP) is 2.56. The lowest BCUT2D eigenvalue weighted by Gasteiger charge is -2.21. The van der Waals surface area contributed by atoms with Crippen molar-refractivity contribution in [2.75, 3.05) is 25.2 Å². The zero-order valence-electron chi connectivity index (χ0n) is 15.2. The zero-order valence-corrected chi connectivity index (χ0v) is 16.0. The Morgan fingerprint density at radius 2 is 1.88 bits per heavy atom. The summed E-state index contributed by atoms with van der Waals surface area (Å²) in [4.78, 5) is 12.6. The Hall–Kier alpha value is -2.58. The maximum absolute atomic E-state index is 12.6. The largest absolute Gasteiger partial charge is 0.497 e. The molecule has 0 saturated carbocycles. The molecule has 8 heteroatoms. The minimum absolute atomic E-state index is 0.0555. The first-order valence-electron chi connectivity index (χ1n) is 7.99. The van der Waals surface area contributed by atoms with Gasteiger partial charge in [-0.05, 0) is 44.2 Å². The number of hydrogen-bond donors (Lipinski definition) is 2. The van der Waals surface area contributed by atoms with Crippen LogP contribution in [-0.2, 0) is 10.0 Å². The highest BCUT2D eigenvalue weighted by Crippen LogP contribution is 2.25. The van der Waals surface area contributed by atoms with E-state index in [2.05, 4.69) is 5.32 Å². The van der Waals surface area contributed by atoms with Gasteiger partial charge in [0.2, 0.25) is 10.0 Å². The highest BCUT2D eigenvalue weighted by molar-refractivity contribution is 7.89. The third-order valence-electron chi connectivity index (χ3n) is 4.01. The fourth-order valence-electron chi connectivity index (χ4n) is 2.21. The second kappa shape index (κ2) is 7.76. The van der Waals surface area contributed by atoms with Gasteiger partial charge in [-0.15, -0.1) is 0 Å². The molecule has 0 aliphatic rings. The van der Waals surface area contributed by atoms with Crippen LogP contribution in [0.25, 0.3) is 0 Å². The van der Waals surface area contributed by atoms with Crippen LogP contribution in [0.15, 0.2) is 47.4 Å². The van der Waals surface area contributed by atoms with E-state index in [0.29, 0.717) is 17.1 Å². The third-order valence-corrected chi connectivity index (χ3v) is 6.04. The smallest absolute Gasteiger partial charge is 0.255 e. The van der Waals surface area contributed by atoms with Crippen LogP contribution >= 0.6 is 0 Å². The van der Waals surface area contributed by atoms with Crippen LogP contribution in [0.3, 0.4) is 0 Å².